The zero-order valence-corrected chi connectivity index (χ0v) is 12.6. The quantitative estimate of drug-likeness (QED) is 0.707. The largest absolute Gasteiger partial charge is 0.461 e. The van der Waals surface area contributed by atoms with Crippen molar-refractivity contribution in [1.29, 1.82) is 0 Å². The van der Waals surface area contributed by atoms with E-state index in [4.69, 9.17) is 4.42 Å². The molecule has 1 aromatic carbocycles. The van der Waals surface area contributed by atoms with Crippen molar-refractivity contribution in [3.8, 4) is 11.6 Å². The fourth-order valence-electron chi connectivity index (χ4n) is 1.81. The van der Waals surface area contributed by atoms with E-state index >= 15 is 0 Å². The van der Waals surface area contributed by atoms with Crippen molar-refractivity contribution in [3.63, 3.8) is 0 Å². The summed E-state index contributed by atoms with van der Waals surface area (Å²) in [6.07, 6.45) is 1.57. The molecule has 1 atom stereocenters. The Kier molecular flexibility index (Phi) is 4.24. The van der Waals surface area contributed by atoms with Gasteiger partial charge in [-0.2, -0.15) is 0 Å². The second-order valence-electron chi connectivity index (χ2n) is 4.57. The lowest BCUT2D eigenvalue weighted by atomic mass is 10.3. The molecule has 3 aromatic rings. The minimum absolute atomic E-state index is 0.0906. The number of furan rings is 1. The number of hydrogen-bond acceptors (Lipinski definition) is 5. The van der Waals surface area contributed by atoms with Crippen LogP contribution in [0.5, 0.6) is 0 Å². The molecular weight excluding hydrogens is 300 g/mol. The van der Waals surface area contributed by atoms with E-state index in [0.717, 1.165) is 5.69 Å². The molecule has 1 amide bonds. The molecule has 0 spiro atoms. The Morgan fingerprint density at radius 2 is 2.05 bits per heavy atom. The van der Waals surface area contributed by atoms with Gasteiger partial charge in [-0.1, -0.05) is 30.0 Å². The van der Waals surface area contributed by atoms with Crippen LogP contribution in [0.3, 0.4) is 0 Å². The average molecular weight is 314 g/mol. The number of para-hydroxylation sites is 1. The third-order valence-corrected chi connectivity index (χ3v) is 3.89. The van der Waals surface area contributed by atoms with Gasteiger partial charge < -0.3 is 14.7 Å². The highest BCUT2D eigenvalue weighted by Gasteiger charge is 2.17. The zero-order chi connectivity index (χ0) is 15.4. The number of hydrogen-bond donors (Lipinski definition) is 2. The summed E-state index contributed by atoms with van der Waals surface area (Å²) >= 11 is 1.31. The summed E-state index contributed by atoms with van der Waals surface area (Å²) in [5.41, 5.74) is 0.772. The Morgan fingerprint density at radius 1 is 1.23 bits per heavy atom. The summed E-state index contributed by atoms with van der Waals surface area (Å²) in [4.78, 5) is 15.2. The molecule has 6 nitrogen and oxygen atoms in total. The average Bonchev–Trinajstić information content (AvgIpc) is 3.19. The number of H-pyrrole nitrogens is 1. The predicted octanol–water partition coefficient (Wildman–Crippen LogP) is 3.18. The Balaban J connectivity index is 1.62. The van der Waals surface area contributed by atoms with Gasteiger partial charge in [0.25, 0.3) is 0 Å². The molecule has 0 aliphatic carbocycles. The molecule has 0 saturated carbocycles. The van der Waals surface area contributed by atoms with Gasteiger partial charge in [0.15, 0.2) is 16.7 Å². The molecule has 0 saturated heterocycles. The Bertz CT molecular complexity index is 740. The zero-order valence-electron chi connectivity index (χ0n) is 11.8. The lowest BCUT2D eigenvalue weighted by Gasteiger charge is -2.09. The molecule has 2 N–H and O–H groups in total. The van der Waals surface area contributed by atoms with E-state index in [1.807, 2.05) is 37.3 Å². The Labute approximate surface area is 131 Å². The predicted molar refractivity (Wildman–Crippen MR) is 84.5 cm³/mol. The van der Waals surface area contributed by atoms with Crippen molar-refractivity contribution in [2.24, 2.45) is 0 Å². The standard InChI is InChI=1S/C15H14N4O2S/c1-10(14(20)16-11-6-3-2-4-7-11)22-15-17-13(18-19-15)12-8-5-9-21-12/h2-10H,1H3,(H,16,20)(H,17,18,19). The maximum absolute atomic E-state index is 12.1. The lowest BCUT2D eigenvalue weighted by molar-refractivity contribution is -0.115. The fraction of sp³-hybridized carbons (Fsp3) is 0.133. The molecular formula is C15H14N4O2S. The molecule has 2 heterocycles. The van der Waals surface area contributed by atoms with Crippen LogP contribution in [0, 0.1) is 0 Å². The number of aromatic amines is 1. The van der Waals surface area contributed by atoms with Gasteiger partial charge in [0.1, 0.15) is 0 Å². The van der Waals surface area contributed by atoms with E-state index in [9.17, 15) is 4.79 Å². The highest BCUT2D eigenvalue weighted by atomic mass is 32.2. The van der Waals surface area contributed by atoms with Crippen molar-refractivity contribution in [2.75, 3.05) is 5.32 Å². The molecule has 0 aliphatic rings. The van der Waals surface area contributed by atoms with Crippen LogP contribution in [0.15, 0.2) is 58.3 Å². The number of amides is 1. The first kappa shape index (κ1) is 14.4. The minimum Gasteiger partial charge on any atom is -0.461 e. The monoisotopic (exact) mass is 314 g/mol. The van der Waals surface area contributed by atoms with Gasteiger partial charge in [0, 0.05) is 5.69 Å². The van der Waals surface area contributed by atoms with Crippen molar-refractivity contribution >= 4 is 23.4 Å². The van der Waals surface area contributed by atoms with Gasteiger partial charge in [-0.3, -0.25) is 4.79 Å². The van der Waals surface area contributed by atoms with E-state index in [-0.39, 0.29) is 11.2 Å². The second kappa shape index (κ2) is 6.48. The smallest absolute Gasteiger partial charge is 0.237 e. The van der Waals surface area contributed by atoms with Crippen LogP contribution < -0.4 is 5.32 Å². The summed E-state index contributed by atoms with van der Waals surface area (Å²) in [6.45, 7) is 1.82. The molecule has 0 aliphatic heterocycles. The van der Waals surface area contributed by atoms with Gasteiger partial charge in [-0.15, -0.1) is 10.2 Å². The summed E-state index contributed by atoms with van der Waals surface area (Å²) in [6, 6.07) is 12.9. The van der Waals surface area contributed by atoms with Gasteiger partial charge in [0.2, 0.25) is 5.91 Å². The first-order valence-electron chi connectivity index (χ1n) is 6.71. The van der Waals surface area contributed by atoms with Crippen molar-refractivity contribution in [2.45, 2.75) is 17.3 Å². The maximum atomic E-state index is 12.1. The summed E-state index contributed by atoms with van der Waals surface area (Å²) in [7, 11) is 0. The molecule has 7 heteroatoms. The van der Waals surface area contributed by atoms with Crippen molar-refractivity contribution in [3.05, 3.63) is 48.7 Å². The third-order valence-electron chi connectivity index (χ3n) is 2.92. The number of aromatic nitrogens is 3. The number of benzene rings is 1. The van der Waals surface area contributed by atoms with Gasteiger partial charge in [-0.25, -0.2) is 0 Å². The van der Waals surface area contributed by atoms with Crippen LogP contribution in [-0.2, 0) is 4.79 Å². The van der Waals surface area contributed by atoms with Crippen molar-refractivity contribution in [1.82, 2.24) is 15.2 Å². The normalized spacial score (nSPS) is 12.0. The van der Waals surface area contributed by atoms with E-state index in [0.29, 0.717) is 16.7 Å². The number of thioether (sulfide) groups is 1. The maximum Gasteiger partial charge on any atom is 0.237 e. The number of rotatable bonds is 5. The van der Waals surface area contributed by atoms with E-state index in [1.165, 1.54) is 11.8 Å². The van der Waals surface area contributed by atoms with Crippen LogP contribution >= 0.6 is 11.8 Å². The number of carbonyl (C=O) groups is 1. The first-order valence-corrected chi connectivity index (χ1v) is 7.59. The molecule has 0 bridgehead atoms. The van der Waals surface area contributed by atoms with Gasteiger partial charge in [-0.05, 0) is 31.2 Å². The summed E-state index contributed by atoms with van der Waals surface area (Å²) in [5, 5.41) is 11.1. The molecule has 2 aromatic heterocycles. The van der Waals surface area contributed by atoms with E-state index in [2.05, 4.69) is 20.5 Å². The van der Waals surface area contributed by atoms with Crippen LogP contribution in [0.2, 0.25) is 0 Å². The SMILES string of the molecule is CC(Sc1nnc(-c2ccco2)[nH]1)C(=O)Nc1ccccc1. The minimum atomic E-state index is -0.308. The van der Waals surface area contributed by atoms with Gasteiger partial charge in [0.05, 0.1) is 11.5 Å². The summed E-state index contributed by atoms with van der Waals surface area (Å²) < 4.78 is 5.24. The summed E-state index contributed by atoms with van der Waals surface area (Å²) in [5.74, 6) is 1.07. The van der Waals surface area contributed by atoms with E-state index < -0.39 is 0 Å². The highest BCUT2D eigenvalue weighted by Crippen LogP contribution is 2.23. The fourth-order valence-corrected chi connectivity index (χ4v) is 2.55. The molecule has 112 valence electrons. The third kappa shape index (κ3) is 3.37. The molecule has 3 rings (SSSR count). The van der Waals surface area contributed by atoms with Crippen LogP contribution in [0.4, 0.5) is 5.69 Å². The topological polar surface area (TPSA) is 83.8 Å². The lowest BCUT2D eigenvalue weighted by Crippen LogP contribution is -2.22. The van der Waals surface area contributed by atoms with Crippen LogP contribution in [-0.4, -0.2) is 26.3 Å². The molecule has 1 unspecified atom stereocenters. The second-order valence-corrected chi connectivity index (χ2v) is 5.90. The van der Waals surface area contributed by atoms with Crippen molar-refractivity contribution < 1.29 is 9.21 Å². The number of nitrogens with zero attached hydrogens (tertiary/aromatic N) is 2. The molecule has 0 radical (unpaired) electrons. The molecule has 22 heavy (non-hydrogen) atoms. The van der Waals surface area contributed by atoms with Crippen LogP contribution in [0.1, 0.15) is 6.92 Å². The molecule has 0 fully saturated rings. The van der Waals surface area contributed by atoms with Crippen LogP contribution in [0.25, 0.3) is 11.6 Å². The van der Waals surface area contributed by atoms with E-state index in [1.54, 1.807) is 18.4 Å². The number of carbonyl (C=O) groups excluding carboxylic acids is 1. The van der Waals surface area contributed by atoms with Gasteiger partial charge >= 0.3 is 0 Å². The Morgan fingerprint density at radius 3 is 2.77 bits per heavy atom. The number of anilines is 1. The number of nitrogens with one attached hydrogen (secondary N) is 2. The highest BCUT2D eigenvalue weighted by molar-refractivity contribution is 8.00. The Hall–Kier alpha value is -2.54. The first-order chi connectivity index (χ1) is 10.7.